The van der Waals surface area contributed by atoms with Gasteiger partial charge in [-0.2, -0.15) is 18.3 Å². The van der Waals surface area contributed by atoms with Gasteiger partial charge in [0.1, 0.15) is 5.69 Å². The first-order chi connectivity index (χ1) is 8.77. The summed E-state index contributed by atoms with van der Waals surface area (Å²) in [7, 11) is 1.43. The number of halogens is 3. The number of nitrogens with zero attached hydrogens (tertiary/aromatic N) is 5. The minimum Gasteiger partial charge on any atom is -0.387 e. The summed E-state index contributed by atoms with van der Waals surface area (Å²) < 4.78 is 40.0. The van der Waals surface area contributed by atoms with Crippen LogP contribution < -0.4 is 0 Å². The Hall–Kier alpha value is -1.90. The molecule has 0 aliphatic heterocycles. The van der Waals surface area contributed by atoms with Crippen molar-refractivity contribution >= 4 is 0 Å². The average Bonchev–Trinajstić information content (AvgIpc) is 2.86. The molecule has 0 radical (unpaired) electrons. The monoisotopic (exact) mass is 275 g/mol. The molecular weight excluding hydrogens is 263 g/mol. The van der Waals surface area contributed by atoms with Crippen molar-refractivity contribution in [2.75, 3.05) is 0 Å². The summed E-state index contributed by atoms with van der Waals surface area (Å²) in [5.41, 5.74) is -0.242. The van der Waals surface area contributed by atoms with Crippen molar-refractivity contribution in [3.63, 3.8) is 0 Å². The minimum absolute atomic E-state index is 0.0965. The molecule has 2 rings (SSSR count). The molecule has 104 valence electrons. The normalized spacial score (nSPS) is 13.8. The number of aromatic nitrogens is 5. The quantitative estimate of drug-likeness (QED) is 0.911. The van der Waals surface area contributed by atoms with Gasteiger partial charge in [-0.1, -0.05) is 5.21 Å². The van der Waals surface area contributed by atoms with Crippen molar-refractivity contribution in [3.05, 3.63) is 29.3 Å². The third-order valence-corrected chi connectivity index (χ3v) is 2.58. The molecule has 0 aliphatic carbocycles. The molecule has 0 saturated carbocycles. The van der Waals surface area contributed by atoms with Gasteiger partial charge >= 0.3 is 6.18 Å². The van der Waals surface area contributed by atoms with Crippen LogP contribution in [0.4, 0.5) is 13.2 Å². The lowest BCUT2D eigenvalue weighted by Crippen LogP contribution is -2.07. The van der Waals surface area contributed by atoms with Crippen LogP contribution in [0.5, 0.6) is 0 Å². The van der Waals surface area contributed by atoms with E-state index in [1.807, 2.05) is 0 Å². The van der Waals surface area contributed by atoms with E-state index < -0.39 is 18.0 Å². The predicted molar refractivity (Wildman–Crippen MR) is 58.0 cm³/mol. The Morgan fingerprint density at radius 3 is 2.58 bits per heavy atom. The first-order valence-electron chi connectivity index (χ1n) is 5.45. The second-order valence-electron chi connectivity index (χ2n) is 4.16. The van der Waals surface area contributed by atoms with Crippen molar-refractivity contribution < 1.29 is 18.3 Å². The van der Waals surface area contributed by atoms with E-state index in [1.165, 1.54) is 24.9 Å². The van der Waals surface area contributed by atoms with Gasteiger partial charge in [0, 0.05) is 7.05 Å². The molecule has 0 aliphatic rings. The first kappa shape index (κ1) is 13.5. The molecule has 2 aromatic heterocycles. The van der Waals surface area contributed by atoms with Crippen molar-refractivity contribution in [1.82, 2.24) is 24.8 Å². The van der Waals surface area contributed by atoms with Crippen LogP contribution in [0.1, 0.15) is 30.1 Å². The van der Waals surface area contributed by atoms with Crippen molar-refractivity contribution in [3.8, 4) is 0 Å². The van der Waals surface area contributed by atoms with Gasteiger partial charge < -0.3 is 5.11 Å². The number of aryl methyl sites for hydroxylation is 1. The van der Waals surface area contributed by atoms with Crippen molar-refractivity contribution in [2.24, 2.45) is 7.05 Å². The standard InChI is InChI=1S/C10H12F3N5O/c1-6(19)8-5-18(16-14-8)4-7-3-9(10(11,12)13)15-17(7)2/h3,5-6,19H,4H2,1-2H3. The Kier molecular flexibility index (Phi) is 3.31. The van der Waals surface area contributed by atoms with Crippen molar-refractivity contribution in [1.29, 1.82) is 0 Å². The molecule has 0 spiro atoms. The number of hydrogen-bond acceptors (Lipinski definition) is 4. The molecule has 6 nitrogen and oxygen atoms in total. The highest BCUT2D eigenvalue weighted by molar-refractivity contribution is 5.13. The van der Waals surface area contributed by atoms with Crippen LogP contribution in [0, 0.1) is 0 Å². The third-order valence-electron chi connectivity index (χ3n) is 2.58. The fourth-order valence-corrected chi connectivity index (χ4v) is 1.54. The van der Waals surface area contributed by atoms with Crippen LogP contribution in [-0.2, 0) is 19.8 Å². The summed E-state index contributed by atoms with van der Waals surface area (Å²) in [6.07, 6.45) is -3.76. The zero-order chi connectivity index (χ0) is 14.2. The summed E-state index contributed by atoms with van der Waals surface area (Å²) >= 11 is 0. The summed E-state index contributed by atoms with van der Waals surface area (Å²) in [5.74, 6) is 0. The van der Waals surface area contributed by atoms with Gasteiger partial charge in [-0.25, -0.2) is 4.68 Å². The second kappa shape index (κ2) is 4.65. The zero-order valence-electron chi connectivity index (χ0n) is 10.3. The van der Waals surface area contributed by atoms with Gasteiger partial charge in [-0.3, -0.25) is 4.68 Å². The third kappa shape index (κ3) is 2.92. The Labute approximate surface area is 106 Å². The maximum absolute atomic E-state index is 12.5. The van der Waals surface area contributed by atoms with Crippen LogP contribution >= 0.6 is 0 Å². The average molecular weight is 275 g/mol. The molecule has 0 bridgehead atoms. The maximum Gasteiger partial charge on any atom is 0.435 e. The highest BCUT2D eigenvalue weighted by Gasteiger charge is 2.34. The van der Waals surface area contributed by atoms with E-state index in [0.29, 0.717) is 11.4 Å². The molecule has 1 unspecified atom stereocenters. The minimum atomic E-state index is -4.47. The number of alkyl halides is 3. The smallest absolute Gasteiger partial charge is 0.387 e. The van der Waals surface area contributed by atoms with E-state index in [1.54, 1.807) is 0 Å². The molecule has 1 N–H and O–H groups in total. The first-order valence-corrected chi connectivity index (χ1v) is 5.45. The van der Waals surface area contributed by atoms with E-state index in [4.69, 9.17) is 0 Å². The van der Waals surface area contributed by atoms with Crippen LogP contribution in [0.2, 0.25) is 0 Å². The Morgan fingerprint density at radius 2 is 2.11 bits per heavy atom. The van der Waals surface area contributed by atoms with E-state index in [9.17, 15) is 18.3 Å². The van der Waals surface area contributed by atoms with Gasteiger partial charge in [0.25, 0.3) is 0 Å². The largest absolute Gasteiger partial charge is 0.435 e. The lowest BCUT2D eigenvalue weighted by molar-refractivity contribution is -0.141. The lowest BCUT2D eigenvalue weighted by atomic mass is 10.3. The Balaban J connectivity index is 2.21. The fourth-order valence-electron chi connectivity index (χ4n) is 1.54. The number of rotatable bonds is 3. The van der Waals surface area contributed by atoms with Crippen LogP contribution in [-0.4, -0.2) is 29.9 Å². The fraction of sp³-hybridized carbons (Fsp3) is 0.500. The SMILES string of the molecule is CC(O)c1cn(Cc2cc(C(F)(F)F)nn2C)nn1. The van der Waals surface area contributed by atoms with E-state index in [0.717, 1.165) is 10.7 Å². The molecule has 19 heavy (non-hydrogen) atoms. The summed E-state index contributed by atoms with van der Waals surface area (Å²) in [6.45, 7) is 1.62. The maximum atomic E-state index is 12.5. The topological polar surface area (TPSA) is 68.8 Å². The van der Waals surface area contributed by atoms with Gasteiger partial charge in [0.15, 0.2) is 5.69 Å². The number of aliphatic hydroxyl groups excluding tert-OH is 1. The second-order valence-corrected chi connectivity index (χ2v) is 4.16. The van der Waals surface area contributed by atoms with E-state index in [2.05, 4.69) is 15.4 Å². The van der Waals surface area contributed by atoms with Crippen molar-refractivity contribution in [2.45, 2.75) is 25.7 Å². The molecule has 0 fully saturated rings. The molecule has 0 saturated heterocycles. The van der Waals surface area contributed by atoms with Gasteiger partial charge in [-0.05, 0) is 13.0 Å². The number of aliphatic hydroxyl groups is 1. The molecule has 0 aromatic carbocycles. The molecule has 9 heteroatoms. The van der Waals surface area contributed by atoms with Gasteiger partial charge in [0.05, 0.1) is 24.5 Å². The van der Waals surface area contributed by atoms with E-state index >= 15 is 0 Å². The molecular formula is C10H12F3N5O. The van der Waals surface area contributed by atoms with E-state index in [-0.39, 0.29) is 6.54 Å². The van der Waals surface area contributed by atoms with Crippen LogP contribution in [0.3, 0.4) is 0 Å². The highest BCUT2D eigenvalue weighted by Crippen LogP contribution is 2.28. The highest BCUT2D eigenvalue weighted by atomic mass is 19.4. The van der Waals surface area contributed by atoms with Crippen LogP contribution in [0.15, 0.2) is 12.3 Å². The summed E-state index contributed by atoms with van der Waals surface area (Å²) in [5, 5.41) is 20.1. The lowest BCUT2D eigenvalue weighted by Gasteiger charge is -2.00. The zero-order valence-corrected chi connectivity index (χ0v) is 10.3. The predicted octanol–water partition coefficient (Wildman–Crippen LogP) is 1.13. The van der Waals surface area contributed by atoms with Crippen LogP contribution in [0.25, 0.3) is 0 Å². The number of hydrogen-bond donors (Lipinski definition) is 1. The van der Waals surface area contributed by atoms with Gasteiger partial charge in [-0.15, -0.1) is 5.10 Å². The Morgan fingerprint density at radius 1 is 1.42 bits per heavy atom. The Bertz CT molecular complexity index is 572. The van der Waals surface area contributed by atoms with Gasteiger partial charge in [0.2, 0.25) is 0 Å². The summed E-state index contributed by atoms with van der Waals surface area (Å²) in [4.78, 5) is 0. The molecule has 0 amide bonds. The molecule has 2 aromatic rings. The summed E-state index contributed by atoms with van der Waals surface area (Å²) in [6, 6.07) is 0.962. The molecule has 2 heterocycles. The molecule has 1 atom stereocenters.